The van der Waals surface area contributed by atoms with Gasteiger partial charge in [-0.15, -0.1) is 0 Å². The van der Waals surface area contributed by atoms with Crippen LogP contribution in [0.3, 0.4) is 0 Å². The molecule has 0 atom stereocenters. The molecule has 0 spiro atoms. The molecular weight excluding hydrogens is 202 g/mol. The molecular formula is C9H8ClN3O. The summed E-state index contributed by atoms with van der Waals surface area (Å²) >= 11 is 5.96. The van der Waals surface area contributed by atoms with Crippen LogP contribution in [0.2, 0.25) is 5.02 Å². The number of nitrogens with zero attached hydrogens (tertiary/aromatic N) is 2. The molecule has 72 valence electrons. The van der Waals surface area contributed by atoms with Crippen molar-refractivity contribution in [2.45, 2.75) is 0 Å². The fourth-order valence-electron chi connectivity index (χ4n) is 1.24. The van der Waals surface area contributed by atoms with Crippen molar-refractivity contribution in [3.8, 4) is 5.75 Å². The number of hydrogen-bond acceptors (Lipinski definition) is 4. The van der Waals surface area contributed by atoms with E-state index in [4.69, 9.17) is 22.1 Å². The summed E-state index contributed by atoms with van der Waals surface area (Å²) in [5.41, 5.74) is 6.11. The van der Waals surface area contributed by atoms with E-state index in [0.29, 0.717) is 16.3 Å². The van der Waals surface area contributed by atoms with E-state index in [2.05, 4.69) is 9.97 Å². The van der Waals surface area contributed by atoms with Crippen LogP contribution in [0.4, 0.5) is 5.95 Å². The number of nitrogen functional groups attached to an aromatic ring is 1. The summed E-state index contributed by atoms with van der Waals surface area (Å²) in [5.74, 6) is 0.844. The van der Waals surface area contributed by atoms with Crippen LogP contribution in [0.25, 0.3) is 10.9 Å². The first-order valence-corrected chi connectivity index (χ1v) is 4.35. The number of ether oxygens (including phenoxy) is 1. The van der Waals surface area contributed by atoms with Gasteiger partial charge in [0.25, 0.3) is 0 Å². The molecule has 5 heteroatoms. The number of fused-ring (bicyclic) bond motifs is 1. The van der Waals surface area contributed by atoms with Crippen molar-refractivity contribution >= 4 is 28.5 Å². The number of methoxy groups -OCH3 is 1. The molecule has 1 aromatic heterocycles. The Balaban J connectivity index is 2.85. The summed E-state index contributed by atoms with van der Waals surface area (Å²) in [6, 6.07) is 3.49. The van der Waals surface area contributed by atoms with Crippen molar-refractivity contribution in [1.82, 2.24) is 9.97 Å². The highest BCUT2D eigenvalue weighted by Gasteiger charge is 2.07. The van der Waals surface area contributed by atoms with Crippen LogP contribution >= 0.6 is 11.6 Å². The molecule has 1 aromatic carbocycles. The van der Waals surface area contributed by atoms with Crippen LogP contribution in [0.5, 0.6) is 5.75 Å². The van der Waals surface area contributed by atoms with Crippen molar-refractivity contribution in [2.24, 2.45) is 0 Å². The maximum Gasteiger partial charge on any atom is 0.220 e. The van der Waals surface area contributed by atoms with E-state index in [1.807, 2.05) is 0 Å². The van der Waals surface area contributed by atoms with E-state index >= 15 is 0 Å². The van der Waals surface area contributed by atoms with Crippen molar-refractivity contribution in [1.29, 1.82) is 0 Å². The molecule has 0 saturated heterocycles. The standard InChI is InChI=1S/C9H8ClN3O/c1-14-7-3-2-6(10)5-4-12-9(11)13-8(5)7/h2-4H,1H3,(H2,11,12,13). The summed E-state index contributed by atoms with van der Waals surface area (Å²) in [6.07, 6.45) is 1.59. The SMILES string of the molecule is COc1ccc(Cl)c2cnc(N)nc12. The van der Waals surface area contributed by atoms with E-state index in [-0.39, 0.29) is 5.95 Å². The quantitative estimate of drug-likeness (QED) is 0.779. The minimum atomic E-state index is 0.207. The van der Waals surface area contributed by atoms with Gasteiger partial charge in [-0.25, -0.2) is 9.97 Å². The van der Waals surface area contributed by atoms with Gasteiger partial charge in [-0.05, 0) is 12.1 Å². The molecule has 0 unspecified atom stereocenters. The van der Waals surface area contributed by atoms with E-state index in [0.717, 1.165) is 5.39 Å². The van der Waals surface area contributed by atoms with Gasteiger partial charge in [0.2, 0.25) is 5.95 Å². The second kappa shape index (κ2) is 3.31. The first kappa shape index (κ1) is 9.02. The molecule has 2 rings (SSSR count). The van der Waals surface area contributed by atoms with Crippen LogP contribution < -0.4 is 10.5 Å². The van der Waals surface area contributed by atoms with Crippen LogP contribution in [0.15, 0.2) is 18.3 Å². The molecule has 0 amide bonds. The lowest BCUT2D eigenvalue weighted by atomic mass is 10.2. The number of anilines is 1. The number of aromatic nitrogens is 2. The van der Waals surface area contributed by atoms with Gasteiger partial charge < -0.3 is 10.5 Å². The van der Waals surface area contributed by atoms with Crippen LogP contribution in [0.1, 0.15) is 0 Å². The monoisotopic (exact) mass is 209 g/mol. The lowest BCUT2D eigenvalue weighted by Gasteiger charge is -2.05. The van der Waals surface area contributed by atoms with Gasteiger partial charge in [0.15, 0.2) is 0 Å². The Morgan fingerprint density at radius 1 is 1.43 bits per heavy atom. The number of hydrogen-bond donors (Lipinski definition) is 1. The molecule has 0 bridgehead atoms. The van der Waals surface area contributed by atoms with Crippen LogP contribution in [-0.4, -0.2) is 17.1 Å². The number of halogens is 1. The Hall–Kier alpha value is -1.55. The average molecular weight is 210 g/mol. The van der Waals surface area contributed by atoms with Gasteiger partial charge in [0.1, 0.15) is 11.3 Å². The number of nitrogens with two attached hydrogens (primary N) is 1. The van der Waals surface area contributed by atoms with Gasteiger partial charge in [-0.1, -0.05) is 11.6 Å². The average Bonchev–Trinajstić information content (AvgIpc) is 2.18. The molecule has 2 N–H and O–H groups in total. The summed E-state index contributed by atoms with van der Waals surface area (Å²) in [4.78, 5) is 7.93. The topological polar surface area (TPSA) is 61.0 Å². The Morgan fingerprint density at radius 3 is 2.93 bits per heavy atom. The Kier molecular flexibility index (Phi) is 2.13. The van der Waals surface area contributed by atoms with Gasteiger partial charge in [0.05, 0.1) is 12.1 Å². The fraction of sp³-hybridized carbons (Fsp3) is 0.111. The highest BCUT2D eigenvalue weighted by molar-refractivity contribution is 6.35. The molecule has 1 heterocycles. The van der Waals surface area contributed by atoms with Crippen molar-refractivity contribution in [2.75, 3.05) is 12.8 Å². The lowest BCUT2D eigenvalue weighted by Crippen LogP contribution is -1.96. The second-order valence-corrected chi connectivity index (χ2v) is 3.15. The Morgan fingerprint density at radius 2 is 2.21 bits per heavy atom. The third-order valence-electron chi connectivity index (χ3n) is 1.90. The zero-order chi connectivity index (χ0) is 10.1. The zero-order valence-corrected chi connectivity index (χ0v) is 8.25. The second-order valence-electron chi connectivity index (χ2n) is 2.74. The van der Waals surface area contributed by atoms with Gasteiger partial charge in [0, 0.05) is 11.6 Å². The lowest BCUT2D eigenvalue weighted by molar-refractivity contribution is 0.419. The molecule has 2 aromatic rings. The van der Waals surface area contributed by atoms with E-state index < -0.39 is 0 Å². The van der Waals surface area contributed by atoms with E-state index in [1.54, 1.807) is 25.4 Å². The predicted octanol–water partition coefficient (Wildman–Crippen LogP) is 1.87. The van der Waals surface area contributed by atoms with Gasteiger partial charge >= 0.3 is 0 Å². The maximum absolute atomic E-state index is 5.96. The van der Waals surface area contributed by atoms with Crippen molar-refractivity contribution in [3.63, 3.8) is 0 Å². The fourth-order valence-corrected chi connectivity index (χ4v) is 1.44. The molecule has 0 aliphatic rings. The van der Waals surface area contributed by atoms with Gasteiger partial charge in [-0.3, -0.25) is 0 Å². The molecule has 0 radical (unpaired) electrons. The van der Waals surface area contributed by atoms with Crippen molar-refractivity contribution in [3.05, 3.63) is 23.4 Å². The van der Waals surface area contributed by atoms with Crippen molar-refractivity contribution < 1.29 is 4.74 Å². The molecule has 0 aliphatic carbocycles. The summed E-state index contributed by atoms with van der Waals surface area (Å²) in [7, 11) is 1.57. The third kappa shape index (κ3) is 1.33. The Bertz CT molecular complexity index is 487. The van der Waals surface area contributed by atoms with Gasteiger partial charge in [-0.2, -0.15) is 0 Å². The minimum Gasteiger partial charge on any atom is -0.494 e. The number of benzene rings is 1. The molecule has 14 heavy (non-hydrogen) atoms. The number of rotatable bonds is 1. The first-order valence-electron chi connectivity index (χ1n) is 3.97. The normalized spacial score (nSPS) is 10.4. The Labute approximate surface area is 85.7 Å². The highest BCUT2D eigenvalue weighted by atomic mass is 35.5. The molecule has 4 nitrogen and oxygen atoms in total. The van der Waals surface area contributed by atoms with Crippen LogP contribution in [-0.2, 0) is 0 Å². The zero-order valence-electron chi connectivity index (χ0n) is 7.49. The maximum atomic E-state index is 5.96. The largest absolute Gasteiger partial charge is 0.494 e. The third-order valence-corrected chi connectivity index (χ3v) is 2.23. The summed E-state index contributed by atoms with van der Waals surface area (Å²) < 4.78 is 5.13. The molecule has 0 fully saturated rings. The predicted molar refractivity (Wildman–Crippen MR) is 55.5 cm³/mol. The highest BCUT2D eigenvalue weighted by Crippen LogP contribution is 2.29. The first-order chi connectivity index (χ1) is 6.72. The van der Waals surface area contributed by atoms with E-state index in [1.165, 1.54) is 0 Å². The summed E-state index contributed by atoms with van der Waals surface area (Å²) in [5, 5.41) is 1.32. The van der Waals surface area contributed by atoms with E-state index in [9.17, 15) is 0 Å². The summed E-state index contributed by atoms with van der Waals surface area (Å²) in [6.45, 7) is 0. The smallest absolute Gasteiger partial charge is 0.220 e. The minimum absolute atomic E-state index is 0.207. The van der Waals surface area contributed by atoms with Crippen LogP contribution in [0, 0.1) is 0 Å². The molecule has 0 saturated carbocycles. The molecule has 0 aliphatic heterocycles.